The van der Waals surface area contributed by atoms with E-state index in [1.165, 1.54) is 12.1 Å². The monoisotopic (exact) mass is 238 g/mol. The van der Waals surface area contributed by atoms with Crippen molar-refractivity contribution < 1.29 is 13.9 Å². The molecule has 0 atom stereocenters. The van der Waals surface area contributed by atoms with E-state index in [1.807, 2.05) is 0 Å². The molecule has 1 saturated carbocycles. The van der Waals surface area contributed by atoms with E-state index < -0.39 is 11.6 Å². The van der Waals surface area contributed by atoms with Gasteiger partial charge in [0.1, 0.15) is 6.07 Å². The zero-order valence-corrected chi connectivity index (χ0v) is 9.13. The van der Waals surface area contributed by atoms with Crippen LogP contribution in [0.4, 0.5) is 14.5 Å². The molecule has 1 aliphatic rings. The fourth-order valence-electron chi connectivity index (χ4n) is 1.62. The largest absolute Gasteiger partial charge is 0.396 e. The van der Waals surface area contributed by atoms with Crippen LogP contribution in [0.1, 0.15) is 18.4 Å². The molecule has 5 heteroatoms. The number of nitrogens with one attached hydrogen (secondary N) is 1. The van der Waals surface area contributed by atoms with Gasteiger partial charge in [-0.3, -0.25) is 0 Å². The van der Waals surface area contributed by atoms with Gasteiger partial charge in [-0.1, -0.05) is 0 Å². The highest BCUT2D eigenvalue weighted by Gasteiger charge is 2.41. The molecule has 3 nitrogen and oxygen atoms in total. The molecule has 0 aromatic heterocycles. The lowest BCUT2D eigenvalue weighted by Gasteiger charge is -2.14. The van der Waals surface area contributed by atoms with Gasteiger partial charge in [-0.2, -0.15) is 5.26 Å². The van der Waals surface area contributed by atoms with Crippen LogP contribution in [0.25, 0.3) is 0 Å². The summed E-state index contributed by atoms with van der Waals surface area (Å²) in [6, 6.07) is 4.15. The summed E-state index contributed by atoms with van der Waals surface area (Å²) >= 11 is 0. The molecule has 0 heterocycles. The molecule has 2 rings (SSSR count). The smallest absolute Gasteiger partial charge is 0.183 e. The number of halogens is 2. The second-order valence-corrected chi connectivity index (χ2v) is 4.41. The molecule has 2 N–H and O–H groups in total. The Morgan fingerprint density at radius 2 is 2.06 bits per heavy atom. The van der Waals surface area contributed by atoms with Crippen molar-refractivity contribution in [1.82, 2.24) is 0 Å². The van der Waals surface area contributed by atoms with Crippen LogP contribution in [0.15, 0.2) is 12.1 Å². The molecule has 1 aromatic carbocycles. The average Bonchev–Trinajstić information content (AvgIpc) is 3.12. The minimum atomic E-state index is -1.13. The fourth-order valence-corrected chi connectivity index (χ4v) is 1.62. The van der Waals surface area contributed by atoms with Crippen LogP contribution in [-0.4, -0.2) is 18.3 Å². The Morgan fingerprint density at radius 1 is 1.35 bits per heavy atom. The van der Waals surface area contributed by atoms with E-state index in [0.29, 0.717) is 6.54 Å². The number of hydrogen-bond acceptors (Lipinski definition) is 3. The number of benzene rings is 1. The van der Waals surface area contributed by atoms with Gasteiger partial charge in [0.15, 0.2) is 11.6 Å². The Balaban J connectivity index is 2.12. The maximum Gasteiger partial charge on any atom is 0.183 e. The first-order chi connectivity index (χ1) is 8.12. The van der Waals surface area contributed by atoms with Gasteiger partial charge in [0, 0.05) is 12.0 Å². The first kappa shape index (κ1) is 11.8. The third-order valence-electron chi connectivity index (χ3n) is 3.15. The van der Waals surface area contributed by atoms with Gasteiger partial charge < -0.3 is 10.4 Å². The first-order valence-corrected chi connectivity index (χ1v) is 5.35. The SMILES string of the molecule is N#Cc1ccc(NCC2(CO)CC2)c(F)c1F. The summed E-state index contributed by atoms with van der Waals surface area (Å²) in [5.41, 5.74) is -0.464. The number of aliphatic hydroxyl groups excluding tert-OH is 1. The quantitative estimate of drug-likeness (QED) is 0.843. The second kappa shape index (κ2) is 4.30. The van der Waals surface area contributed by atoms with Gasteiger partial charge in [0.05, 0.1) is 17.9 Å². The van der Waals surface area contributed by atoms with Gasteiger partial charge in [0.2, 0.25) is 0 Å². The molecule has 0 bridgehead atoms. The molecule has 1 aliphatic carbocycles. The first-order valence-electron chi connectivity index (χ1n) is 5.35. The number of rotatable bonds is 4. The third kappa shape index (κ3) is 2.22. The van der Waals surface area contributed by atoms with Gasteiger partial charge in [-0.25, -0.2) is 8.78 Å². The van der Waals surface area contributed by atoms with Crippen LogP contribution in [0, 0.1) is 28.4 Å². The molecule has 0 amide bonds. The van der Waals surface area contributed by atoms with Crippen LogP contribution in [0.5, 0.6) is 0 Å². The summed E-state index contributed by atoms with van der Waals surface area (Å²) in [4.78, 5) is 0. The lowest BCUT2D eigenvalue weighted by atomic mass is 10.1. The van der Waals surface area contributed by atoms with Gasteiger partial charge >= 0.3 is 0 Å². The lowest BCUT2D eigenvalue weighted by molar-refractivity contribution is 0.219. The standard InChI is InChI=1S/C12H12F2N2O/c13-10-8(5-15)1-2-9(11(10)14)16-6-12(7-17)3-4-12/h1-2,16-17H,3-4,6-7H2. The number of nitrogens with zero attached hydrogens (tertiary/aromatic N) is 1. The summed E-state index contributed by atoms with van der Waals surface area (Å²) in [7, 11) is 0. The van der Waals surface area contributed by atoms with Crippen molar-refractivity contribution in [2.75, 3.05) is 18.5 Å². The van der Waals surface area contributed by atoms with E-state index in [4.69, 9.17) is 10.4 Å². The van der Waals surface area contributed by atoms with Crippen LogP contribution in [0.2, 0.25) is 0 Å². The molecule has 17 heavy (non-hydrogen) atoms. The van der Waals surface area contributed by atoms with E-state index in [-0.39, 0.29) is 23.3 Å². The van der Waals surface area contributed by atoms with Crippen LogP contribution < -0.4 is 5.32 Å². The maximum atomic E-state index is 13.5. The minimum absolute atomic E-state index is 0.0289. The Kier molecular flexibility index (Phi) is 2.99. The molecule has 0 saturated heterocycles. The van der Waals surface area contributed by atoms with Gasteiger partial charge in [-0.05, 0) is 25.0 Å². The third-order valence-corrected chi connectivity index (χ3v) is 3.15. The van der Waals surface area contributed by atoms with Crippen molar-refractivity contribution in [3.05, 3.63) is 29.3 Å². The summed E-state index contributed by atoms with van der Waals surface area (Å²) in [5, 5.41) is 20.4. The fraction of sp³-hybridized carbons (Fsp3) is 0.417. The van der Waals surface area contributed by atoms with Gasteiger partial charge in [-0.15, -0.1) is 0 Å². The molecule has 0 aliphatic heterocycles. The highest BCUT2D eigenvalue weighted by atomic mass is 19.2. The predicted octanol–water partition coefficient (Wildman–Crippen LogP) is 2.02. The van der Waals surface area contributed by atoms with Crippen LogP contribution >= 0.6 is 0 Å². The highest BCUT2D eigenvalue weighted by molar-refractivity contribution is 5.50. The summed E-state index contributed by atoms with van der Waals surface area (Å²) in [5.74, 6) is -2.18. The molecule has 90 valence electrons. The molecule has 1 aromatic rings. The lowest BCUT2D eigenvalue weighted by Crippen LogP contribution is -2.19. The van der Waals surface area contributed by atoms with Crippen molar-refractivity contribution in [2.24, 2.45) is 5.41 Å². The molecule has 0 radical (unpaired) electrons. The summed E-state index contributed by atoms with van der Waals surface area (Å²) < 4.78 is 26.8. The van der Waals surface area contributed by atoms with Crippen molar-refractivity contribution in [3.63, 3.8) is 0 Å². The highest BCUT2D eigenvalue weighted by Crippen LogP contribution is 2.45. The molecular weight excluding hydrogens is 226 g/mol. The van der Waals surface area contributed by atoms with E-state index >= 15 is 0 Å². The number of nitriles is 1. The minimum Gasteiger partial charge on any atom is -0.396 e. The predicted molar refractivity (Wildman–Crippen MR) is 58.3 cm³/mol. The van der Waals surface area contributed by atoms with E-state index in [1.54, 1.807) is 6.07 Å². The molecule has 1 fully saturated rings. The summed E-state index contributed by atoms with van der Waals surface area (Å²) in [6.45, 7) is 0.451. The number of hydrogen-bond donors (Lipinski definition) is 2. The Hall–Kier alpha value is -1.67. The molecule has 0 spiro atoms. The number of aliphatic hydroxyl groups is 1. The van der Waals surface area contributed by atoms with Crippen molar-refractivity contribution in [2.45, 2.75) is 12.8 Å². The average molecular weight is 238 g/mol. The van der Waals surface area contributed by atoms with E-state index in [0.717, 1.165) is 12.8 Å². The zero-order valence-electron chi connectivity index (χ0n) is 9.13. The summed E-state index contributed by atoms with van der Waals surface area (Å²) in [6.07, 6.45) is 1.77. The molecule has 0 unspecified atom stereocenters. The van der Waals surface area contributed by atoms with Crippen LogP contribution in [0.3, 0.4) is 0 Å². The normalized spacial score (nSPS) is 16.4. The second-order valence-electron chi connectivity index (χ2n) is 4.41. The van der Waals surface area contributed by atoms with Crippen molar-refractivity contribution >= 4 is 5.69 Å². The topological polar surface area (TPSA) is 56.0 Å². The van der Waals surface area contributed by atoms with Crippen molar-refractivity contribution in [1.29, 1.82) is 5.26 Å². The number of anilines is 1. The van der Waals surface area contributed by atoms with Gasteiger partial charge in [0.25, 0.3) is 0 Å². The zero-order chi connectivity index (χ0) is 12.5. The Labute approximate surface area is 97.7 Å². The van der Waals surface area contributed by atoms with E-state index in [9.17, 15) is 8.78 Å². The maximum absolute atomic E-state index is 13.5. The van der Waals surface area contributed by atoms with Crippen molar-refractivity contribution in [3.8, 4) is 6.07 Å². The Morgan fingerprint density at radius 3 is 2.59 bits per heavy atom. The molecular formula is C12H12F2N2O. The van der Waals surface area contributed by atoms with E-state index in [2.05, 4.69) is 5.32 Å². The van der Waals surface area contributed by atoms with Crippen LogP contribution in [-0.2, 0) is 0 Å². The Bertz CT molecular complexity index is 478.